The average Bonchev–Trinajstić information content (AvgIpc) is 2.35. The molecule has 0 saturated heterocycles. The highest BCUT2D eigenvalue weighted by molar-refractivity contribution is 5.78. The Morgan fingerprint density at radius 1 is 1.45 bits per heavy atom. The zero-order valence-electron chi connectivity index (χ0n) is 13.0. The summed E-state index contributed by atoms with van der Waals surface area (Å²) in [7, 11) is 0. The Morgan fingerprint density at radius 3 is 2.65 bits per heavy atom. The fourth-order valence-electron chi connectivity index (χ4n) is 2.31. The summed E-state index contributed by atoms with van der Waals surface area (Å²) >= 11 is 0. The van der Waals surface area contributed by atoms with E-state index in [1.54, 1.807) is 6.92 Å². The molecule has 0 spiro atoms. The van der Waals surface area contributed by atoms with Crippen LogP contribution in [-0.2, 0) is 4.79 Å². The molecule has 0 radical (unpaired) electrons. The summed E-state index contributed by atoms with van der Waals surface area (Å²) < 4.78 is 5.91. The number of carbonyl (C=O) groups is 1. The number of carboxylic acid groups (broad SMARTS) is 1. The Kier molecular flexibility index (Phi) is 5.57. The molecule has 112 valence electrons. The Morgan fingerprint density at radius 2 is 2.10 bits per heavy atom. The number of likely N-dealkylation sites (N-methyl/N-ethyl adjacent to an activating group) is 1. The summed E-state index contributed by atoms with van der Waals surface area (Å²) in [6.45, 7) is 10.2. The van der Waals surface area contributed by atoms with Crippen molar-refractivity contribution in [1.82, 2.24) is 5.32 Å². The van der Waals surface area contributed by atoms with Crippen molar-refractivity contribution >= 4 is 5.97 Å². The zero-order chi connectivity index (χ0) is 15.3. The number of hydrogen-bond donors (Lipinski definition) is 2. The number of hydrogen-bond acceptors (Lipinski definition) is 3. The van der Waals surface area contributed by atoms with E-state index in [9.17, 15) is 9.90 Å². The number of rotatable bonds is 7. The Balaban J connectivity index is 2.78. The van der Waals surface area contributed by atoms with E-state index >= 15 is 0 Å². The lowest BCUT2D eigenvalue weighted by molar-refractivity contribution is -0.145. The van der Waals surface area contributed by atoms with Crippen molar-refractivity contribution in [3.63, 3.8) is 0 Å². The van der Waals surface area contributed by atoms with E-state index in [2.05, 4.69) is 5.32 Å². The first kappa shape index (κ1) is 16.5. The summed E-state index contributed by atoms with van der Waals surface area (Å²) in [5, 5.41) is 12.4. The maximum atomic E-state index is 11.4. The molecular weight excluding hydrogens is 254 g/mol. The van der Waals surface area contributed by atoms with Gasteiger partial charge in [0.15, 0.2) is 0 Å². The number of ether oxygens (including phenoxy) is 1. The van der Waals surface area contributed by atoms with Gasteiger partial charge in [-0.2, -0.15) is 0 Å². The van der Waals surface area contributed by atoms with Crippen molar-refractivity contribution in [3.8, 4) is 5.75 Å². The van der Waals surface area contributed by atoms with E-state index < -0.39 is 11.5 Å². The number of carboxylic acids is 1. The minimum Gasteiger partial charge on any atom is -0.490 e. The lowest BCUT2D eigenvalue weighted by Crippen LogP contribution is -2.51. The van der Waals surface area contributed by atoms with Gasteiger partial charge < -0.3 is 15.2 Å². The van der Waals surface area contributed by atoms with Crippen LogP contribution in [0.1, 0.15) is 38.3 Å². The number of benzene rings is 1. The number of aryl methyl sites for hydroxylation is 1. The second-order valence-corrected chi connectivity index (χ2v) is 5.50. The van der Waals surface area contributed by atoms with Gasteiger partial charge in [0.05, 0.1) is 6.10 Å². The molecular formula is C16H25NO3. The molecule has 0 saturated carbocycles. The Labute approximate surface area is 121 Å². The third-order valence-electron chi connectivity index (χ3n) is 3.62. The third kappa shape index (κ3) is 3.97. The van der Waals surface area contributed by atoms with Crippen molar-refractivity contribution in [1.29, 1.82) is 0 Å². The first-order valence-electron chi connectivity index (χ1n) is 7.01. The van der Waals surface area contributed by atoms with Crippen LogP contribution in [0.25, 0.3) is 0 Å². The highest BCUT2D eigenvalue weighted by Gasteiger charge is 2.34. The van der Waals surface area contributed by atoms with Crippen LogP contribution in [0.3, 0.4) is 0 Å². The van der Waals surface area contributed by atoms with Gasteiger partial charge in [0.1, 0.15) is 11.3 Å². The molecule has 4 nitrogen and oxygen atoms in total. The molecule has 0 aliphatic heterocycles. The van der Waals surface area contributed by atoms with Crippen LogP contribution in [0.15, 0.2) is 18.2 Å². The lowest BCUT2D eigenvalue weighted by Gasteiger charge is -2.29. The highest BCUT2D eigenvalue weighted by atomic mass is 16.5. The van der Waals surface area contributed by atoms with Gasteiger partial charge in [-0.1, -0.05) is 19.1 Å². The molecule has 0 heterocycles. The average molecular weight is 279 g/mol. The number of aliphatic carboxylic acids is 1. The van der Waals surface area contributed by atoms with Crippen molar-refractivity contribution in [2.45, 2.75) is 52.7 Å². The molecule has 0 amide bonds. The second kappa shape index (κ2) is 6.75. The van der Waals surface area contributed by atoms with Gasteiger partial charge in [0, 0.05) is 6.42 Å². The smallest absolute Gasteiger partial charge is 0.323 e. The van der Waals surface area contributed by atoms with Gasteiger partial charge in [0.2, 0.25) is 0 Å². The van der Waals surface area contributed by atoms with Crippen LogP contribution < -0.4 is 10.1 Å². The molecule has 0 aliphatic carbocycles. The van der Waals surface area contributed by atoms with Crippen LogP contribution in [-0.4, -0.2) is 29.3 Å². The normalized spacial score (nSPS) is 15.4. The van der Waals surface area contributed by atoms with Gasteiger partial charge >= 0.3 is 5.97 Å². The molecule has 0 aromatic heterocycles. The van der Waals surface area contributed by atoms with Crippen molar-refractivity contribution < 1.29 is 14.6 Å². The molecule has 4 heteroatoms. The predicted molar refractivity (Wildman–Crippen MR) is 80.3 cm³/mol. The lowest BCUT2D eigenvalue weighted by atomic mass is 9.94. The van der Waals surface area contributed by atoms with Crippen LogP contribution in [0, 0.1) is 13.8 Å². The third-order valence-corrected chi connectivity index (χ3v) is 3.62. The van der Waals surface area contributed by atoms with E-state index in [1.807, 2.05) is 45.9 Å². The molecule has 2 N–H and O–H groups in total. The first-order chi connectivity index (χ1) is 9.30. The minimum absolute atomic E-state index is 0.185. The van der Waals surface area contributed by atoms with Gasteiger partial charge in [0.25, 0.3) is 0 Å². The molecule has 2 atom stereocenters. The zero-order valence-corrected chi connectivity index (χ0v) is 13.0. The summed E-state index contributed by atoms with van der Waals surface area (Å²) in [5.41, 5.74) is 1.30. The molecule has 0 aliphatic rings. The van der Waals surface area contributed by atoms with Crippen LogP contribution in [0.2, 0.25) is 0 Å². The standard InChI is InChI=1S/C16H25NO3/c1-6-17-16(5,15(18)19)10-12(3)20-14-9-7-8-11(2)13(14)4/h7-9,12,17H,6,10H2,1-5H3,(H,18,19). The molecule has 0 bridgehead atoms. The monoisotopic (exact) mass is 279 g/mol. The molecule has 20 heavy (non-hydrogen) atoms. The fourth-order valence-corrected chi connectivity index (χ4v) is 2.31. The highest BCUT2D eigenvalue weighted by Crippen LogP contribution is 2.24. The summed E-state index contributed by atoms with van der Waals surface area (Å²) in [4.78, 5) is 11.4. The molecule has 0 fully saturated rings. The second-order valence-electron chi connectivity index (χ2n) is 5.50. The van der Waals surface area contributed by atoms with Gasteiger partial charge in [-0.25, -0.2) is 0 Å². The van der Waals surface area contributed by atoms with Crippen LogP contribution in [0.4, 0.5) is 0 Å². The van der Waals surface area contributed by atoms with E-state index in [1.165, 1.54) is 5.56 Å². The van der Waals surface area contributed by atoms with Crippen LogP contribution >= 0.6 is 0 Å². The first-order valence-corrected chi connectivity index (χ1v) is 7.01. The van der Waals surface area contributed by atoms with Crippen LogP contribution in [0.5, 0.6) is 5.75 Å². The van der Waals surface area contributed by atoms with Crippen molar-refractivity contribution in [2.24, 2.45) is 0 Å². The molecule has 1 aromatic carbocycles. The summed E-state index contributed by atoms with van der Waals surface area (Å²) in [5.74, 6) is -0.0301. The fraction of sp³-hybridized carbons (Fsp3) is 0.562. The van der Waals surface area contributed by atoms with E-state index in [-0.39, 0.29) is 6.10 Å². The quantitative estimate of drug-likeness (QED) is 0.805. The van der Waals surface area contributed by atoms with E-state index in [0.29, 0.717) is 13.0 Å². The molecule has 2 unspecified atom stereocenters. The van der Waals surface area contributed by atoms with Gasteiger partial charge in [-0.3, -0.25) is 4.79 Å². The number of nitrogens with one attached hydrogen (secondary N) is 1. The van der Waals surface area contributed by atoms with Gasteiger partial charge in [-0.15, -0.1) is 0 Å². The SMILES string of the molecule is CCNC(C)(CC(C)Oc1cccc(C)c1C)C(=O)O. The Bertz CT molecular complexity index is 473. The topological polar surface area (TPSA) is 58.6 Å². The minimum atomic E-state index is -0.966. The molecule has 1 rings (SSSR count). The van der Waals surface area contributed by atoms with Gasteiger partial charge in [-0.05, 0) is 51.4 Å². The maximum Gasteiger partial charge on any atom is 0.323 e. The van der Waals surface area contributed by atoms with E-state index in [0.717, 1.165) is 11.3 Å². The Hall–Kier alpha value is -1.55. The van der Waals surface area contributed by atoms with Crippen molar-refractivity contribution in [2.75, 3.05) is 6.54 Å². The van der Waals surface area contributed by atoms with Crippen molar-refractivity contribution in [3.05, 3.63) is 29.3 Å². The maximum absolute atomic E-state index is 11.4. The predicted octanol–water partition coefficient (Wildman–Crippen LogP) is 2.91. The largest absolute Gasteiger partial charge is 0.490 e. The summed E-state index contributed by atoms with van der Waals surface area (Å²) in [6, 6.07) is 5.90. The van der Waals surface area contributed by atoms with E-state index in [4.69, 9.17) is 4.74 Å². The molecule has 1 aromatic rings. The summed E-state index contributed by atoms with van der Waals surface area (Å²) in [6.07, 6.45) is 0.222.